The van der Waals surface area contributed by atoms with E-state index < -0.39 is 0 Å². The summed E-state index contributed by atoms with van der Waals surface area (Å²) in [5.74, 6) is -0.235. The summed E-state index contributed by atoms with van der Waals surface area (Å²) < 4.78 is 15.4. The van der Waals surface area contributed by atoms with Gasteiger partial charge in [-0.1, -0.05) is 0 Å². The Balaban J connectivity index is 1.56. The number of hydrogen-bond acceptors (Lipinski definition) is 5. The van der Waals surface area contributed by atoms with Crippen molar-refractivity contribution in [2.45, 2.75) is 25.7 Å². The van der Waals surface area contributed by atoms with Gasteiger partial charge in [0.1, 0.15) is 12.5 Å². The Morgan fingerprint density at radius 2 is 1.32 bits per heavy atom. The lowest BCUT2D eigenvalue weighted by atomic mass is 10.2. The highest BCUT2D eigenvalue weighted by Crippen LogP contribution is 2.31. The van der Waals surface area contributed by atoms with E-state index in [0.29, 0.717) is 13.2 Å². The van der Waals surface area contributed by atoms with E-state index in [0.717, 1.165) is 36.8 Å². The summed E-state index contributed by atoms with van der Waals surface area (Å²) in [4.78, 5) is 22.8. The third-order valence-corrected chi connectivity index (χ3v) is 3.38. The average molecular weight is 264 g/mol. The van der Waals surface area contributed by atoms with Gasteiger partial charge in [-0.2, -0.15) is 0 Å². The summed E-state index contributed by atoms with van der Waals surface area (Å²) in [6.07, 6.45) is 6.51. The summed E-state index contributed by atoms with van der Waals surface area (Å²) in [5, 5.41) is 0. The Labute approximate surface area is 111 Å². The number of ether oxygens (including phenoxy) is 3. The molecule has 5 heteroatoms. The Bertz CT molecular complexity index is 412. The van der Waals surface area contributed by atoms with E-state index in [4.69, 9.17) is 14.2 Å². The lowest BCUT2D eigenvalue weighted by molar-refractivity contribution is -0.140. The molecule has 0 spiro atoms. The lowest BCUT2D eigenvalue weighted by Gasteiger charge is -2.01. The first-order valence-electron chi connectivity index (χ1n) is 6.61. The van der Waals surface area contributed by atoms with Crippen molar-refractivity contribution in [1.82, 2.24) is 0 Å². The maximum atomic E-state index is 11.4. The van der Waals surface area contributed by atoms with Crippen LogP contribution in [0, 0.1) is 11.8 Å². The topological polar surface area (TPSA) is 61.8 Å². The smallest absolute Gasteiger partial charge is 0.313 e. The van der Waals surface area contributed by atoms with Gasteiger partial charge in [-0.25, -0.2) is 0 Å². The number of hydrogen-bond donors (Lipinski definition) is 0. The summed E-state index contributed by atoms with van der Waals surface area (Å²) in [6, 6.07) is 0. The van der Waals surface area contributed by atoms with Crippen molar-refractivity contribution < 1.29 is 23.8 Å². The maximum absolute atomic E-state index is 11.4. The van der Waals surface area contributed by atoms with E-state index in [1.165, 1.54) is 12.5 Å². The van der Waals surface area contributed by atoms with E-state index in [-0.39, 0.29) is 23.8 Å². The zero-order valence-corrected chi connectivity index (χ0v) is 10.6. The molecule has 3 aliphatic rings. The fraction of sp³-hybridized carbons (Fsp3) is 0.571. The molecule has 2 aliphatic carbocycles. The Kier molecular flexibility index (Phi) is 3.38. The van der Waals surface area contributed by atoms with Crippen LogP contribution in [0.5, 0.6) is 0 Å². The largest absolute Gasteiger partial charge is 0.434 e. The van der Waals surface area contributed by atoms with Crippen molar-refractivity contribution in [1.29, 1.82) is 0 Å². The first kappa shape index (κ1) is 12.4. The quantitative estimate of drug-likeness (QED) is 0.571. The van der Waals surface area contributed by atoms with Crippen LogP contribution in [0.3, 0.4) is 0 Å². The highest BCUT2D eigenvalue weighted by atomic mass is 16.5. The molecule has 1 heterocycles. The van der Waals surface area contributed by atoms with Crippen LogP contribution in [0.4, 0.5) is 0 Å². The third kappa shape index (κ3) is 3.23. The van der Waals surface area contributed by atoms with Crippen molar-refractivity contribution in [3.8, 4) is 0 Å². The third-order valence-electron chi connectivity index (χ3n) is 3.38. The molecule has 0 aromatic heterocycles. The van der Waals surface area contributed by atoms with Crippen molar-refractivity contribution in [2.24, 2.45) is 11.8 Å². The van der Waals surface area contributed by atoms with Gasteiger partial charge in [-0.15, -0.1) is 0 Å². The van der Waals surface area contributed by atoms with Gasteiger partial charge in [-0.3, -0.25) is 9.59 Å². The molecule has 0 N–H and O–H groups in total. The first-order valence-corrected chi connectivity index (χ1v) is 6.61. The average Bonchev–Trinajstić information content (AvgIpc) is 3.29. The van der Waals surface area contributed by atoms with E-state index in [2.05, 4.69) is 0 Å². The SMILES string of the molecule is O=C(O/C=C1\COC\C1=C\OC(=O)C1CC1)C1CC1. The second-order valence-corrected chi connectivity index (χ2v) is 5.20. The van der Waals surface area contributed by atoms with Gasteiger partial charge in [0, 0.05) is 11.1 Å². The van der Waals surface area contributed by atoms with Crippen LogP contribution in [-0.4, -0.2) is 25.2 Å². The summed E-state index contributed by atoms with van der Waals surface area (Å²) >= 11 is 0. The van der Waals surface area contributed by atoms with Crippen molar-refractivity contribution in [3.05, 3.63) is 23.7 Å². The zero-order valence-electron chi connectivity index (χ0n) is 10.6. The molecule has 2 saturated carbocycles. The van der Waals surface area contributed by atoms with Gasteiger partial charge in [0.15, 0.2) is 0 Å². The summed E-state index contributed by atoms with van der Waals surface area (Å²) in [6.45, 7) is 0.759. The number of carbonyl (C=O) groups excluding carboxylic acids is 2. The molecule has 1 aliphatic heterocycles. The van der Waals surface area contributed by atoms with E-state index in [9.17, 15) is 9.59 Å². The Hall–Kier alpha value is -1.62. The monoisotopic (exact) mass is 264 g/mol. The molecule has 0 radical (unpaired) electrons. The fourth-order valence-electron chi connectivity index (χ4n) is 1.76. The van der Waals surface area contributed by atoms with Crippen LogP contribution in [0.25, 0.3) is 0 Å². The zero-order chi connectivity index (χ0) is 13.2. The highest BCUT2D eigenvalue weighted by Gasteiger charge is 2.32. The number of carbonyl (C=O) groups is 2. The van der Waals surface area contributed by atoms with Crippen LogP contribution in [0.1, 0.15) is 25.7 Å². The maximum Gasteiger partial charge on any atom is 0.313 e. The summed E-state index contributed by atoms with van der Waals surface area (Å²) in [7, 11) is 0. The Morgan fingerprint density at radius 1 is 0.895 bits per heavy atom. The van der Waals surface area contributed by atoms with Crippen molar-refractivity contribution in [2.75, 3.05) is 13.2 Å². The molecule has 0 amide bonds. The molecule has 0 aromatic rings. The molecule has 3 rings (SSSR count). The minimum atomic E-state index is -0.186. The van der Waals surface area contributed by atoms with E-state index in [1.54, 1.807) is 0 Å². The predicted octanol–water partition coefficient (Wildman–Crippen LogP) is 1.69. The molecule has 0 atom stereocenters. The molecule has 3 fully saturated rings. The lowest BCUT2D eigenvalue weighted by Crippen LogP contribution is -2.04. The van der Waals surface area contributed by atoms with Gasteiger partial charge in [0.25, 0.3) is 0 Å². The standard InChI is InChI=1S/C14H16O5/c15-13(9-1-2-9)18-7-11-5-17-6-12(11)8-19-14(16)10-3-4-10/h7-10H,1-6H2/b11-7-,12-8+. The minimum absolute atomic E-state index is 0.0688. The molecule has 0 unspecified atom stereocenters. The number of rotatable bonds is 4. The highest BCUT2D eigenvalue weighted by molar-refractivity contribution is 5.76. The Morgan fingerprint density at radius 3 is 1.68 bits per heavy atom. The second-order valence-electron chi connectivity index (χ2n) is 5.20. The van der Waals surface area contributed by atoms with Crippen molar-refractivity contribution >= 4 is 11.9 Å². The van der Waals surface area contributed by atoms with Crippen LogP contribution in [0.2, 0.25) is 0 Å². The molecular weight excluding hydrogens is 248 g/mol. The molecule has 1 saturated heterocycles. The molecular formula is C14H16O5. The second kappa shape index (κ2) is 5.17. The molecule has 5 nitrogen and oxygen atoms in total. The van der Waals surface area contributed by atoms with Crippen LogP contribution >= 0.6 is 0 Å². The van der Waals surface area contributed by atoms with Crippen LogP contribution < -0.4 is 0 Å². The predicted molar refractivity (Wildman–Crippen MR) is 64.6 cm³/mol. The van der Waals surface area contributed by atoms with Gasteiger partial charge in [0.2, 0.25) is 0 Å². The van der Waals surface area contributed by atoms with Gasteiger partial charge >= 0.3 is 11.9 Å². The fourth-order valence-corrected chi connectivity index (χ4v) is 1.76. The number of esters is 2. The van der Waals surface area contributed by atoms with Gasteiger partial charge in [0.05, 0.1) is 25.0 Å². The minimum Gasteiger partial charge on any atom is -0.434 e. The van der Waals surface area contributed by atoms with Crippen LogP contribution in [0.15, 0.2) is 23.7 Å². The van der Waals surface area contributed by atoms with Crippen LogP contribution in [-0.2, 0) is 23.8 Å². The van der Waals surface area contributed by atoms with Gasteiger partial charge in [-0.05, 0) is 25.7 Å². The molecule has 19 heavy (non-hydrogen) atoms. The van der Waals surface area contributed by atoms with E-state index >= 15 is 0 Å². The van der Waals surface area contributed by atoms with E-state index in [1.807, 2.05) is 0 Å². The van der Waals surface area contributed by atoms with Crippen molar-refractivity contribution in [3.63, 3.8) is 0 Å². The first-order chi connectivity index (χ1) is 9.24. The summed E-state index contributed by atoms with van der Waals surface area (Å²) in [5.41, 5.74) is 1.52. The molecule has 0 bridgehead atoms. The van der Waals surface area contributed by atoms with Gasteiger partial charge < -0.3 is 14.2 Å². The molecule has 102 valence electrons. The normalized spacial score (nSPS) is 26.7. The molecule has 0 aromatic carbocycles.